The maximum atomic E-state index is 12.8. The quantitative estimate of drug-likeness (QED) is 0.425. The molecular formula is C19H19ClN6O4S2. The summed E-state index contributed by atoms with van der Waals surface area (Å²) in [5, 5.41) is 23.8. The molecule has 168 valence electrons. The highest BCUT2D eigenvalue weighted by Crippen LogP contribution is 2.41. The molecule has 1 aliphatic carbocycles. The topological polar surface area (TPSA) is 130 Å². The Balaban J connectivity index is 1.42. The second-order valence-electron chi connectivity index (χ2n) is 7.25. The van der Waals surface area contributed by atoms with Gasteiger partial charge in [-0.05, 0) is 21.6 Å². The Morgan fingerprint density at radius 2 is 2.25 bits per heavy atom. The number of nitrogens with one attached hydrogen (secondary N) is 1. The van der Waals surface area contributed by atoms with Crippen molar-refractivity contribution in [3.63, 3.8) is 0 Å². The van der Waals surface area contributed by atoms with Crippen LogP contribution in [-0.2, 0) is 21.4 Å². The number of aryl methyl sites for hydroxylation is 1. The van der Waals surface area contributed by atoms with Crippen molar-refractivity contribution in [1.82, 2.24) is 30.4 Å². The van der Waals surface area contributed by atoms with Gasteiger partial charge in [0.25, 0.3) is 5.91 Å². The van der Waals surface area contributed by atoms with Gasteiger partial charge >= 0.3 is 5.97 Å². The van der Waals surface area contributed by atoms with Gasteiger partial charge < -0.3 is 10.4 Å². The van der Waals surface area contributed by atoms with E-state index in [0.717, 1.165) is 5.57 Å². The van der Waals surface area contributed by atoms with Crippen molar-refractivity contribution in [2.75, 3.05) is 11.5 Å². The minimum Gasteiger partial charge on any atom is -0.477 e. The SMILES string of the molecule is Cn1nnnc1SCC1=C(C(=O)O)N2C(=O)C(NC(=O)CC3C=CC=CC3=CCl)[C@H]2SC1. The number of carbonyl (C=O) groups excluding carboxylic acids is 2. The van der Waals surface area contributed by atoms with Crippen molar-refractivity contribution < 1.29 is 19.5 Å². The molecule has 2 unspecified atom stereocenters. The molecular weight excluding hydrogens is 476 g/mol. The molecule has 13 heteroatoms. The summed E-state index contributed by atoms with van der Waals surface area (Å²) < 4.78 is 1.49. The minimum absolute atomic E-state index is 0.0282. The Hall–Kier alpha value is -2.57. The largest absolute Gasteiger partial charge is 0.477 e. The zero-order valence-electron chi connectivity index (χ0n) is 16.8. The fourth-order valence-electron chi connectivity index (χ4n) is 3.62. The van der Waals surface area contributed by atoms with Gasteiger partial charge in [-0.2, -0.15) is 0 Å². The van der Waals surface area contributed by atoms with Gasteiger partial charge in [-0.3, -0.25) is 14.5 Å². The smallest absolute Gasteiger partial charge is 0.352 e. The van der Waals surface area contributed by atoms with E-state index < -0.39 is 23.3 Å². The molecule has 1 aromatic rings. The van der Waals surface area contributed by atoms with E-state index in [0.29, 0.717) is 22.2 Å². The Bertz CT molecular complexity index is 1080. The van der Waals surface area contributed by atoms with Crippen LogP contribution < -0.4 is 5.32 Å². The van der Waals surface area contributed by atoms with E-state index in [1.165, 1.54) is 38.6 Å². The molecule has 1 aromatic heterocycles. The predicted molar refractivity (Wildman–Crippen MR) is 120 cm³/mol. The first-order valence-electron chi connectivity index (χ1n) is 9.60. The molecule has 0 aromatic carbocycles. The lowest BCUT2D eigenvalue weighted by atomic mass is 9.92. The molecule has 3 atom stereocenters. The molecule has 1 fully saturated rings. The van der Waals surface area contributed by atoms with Gasteiger partial charge in [-0.1, -0.05) is 47.7 Å². The van der Waals surface area contributed by atoms with Gasteiger partial charge in [0.1, 0.15) is 17.1 Å². The van der Waals surface area contributed by atoms with Crippen molar-refractivity contribution in [2.45, 2.75) is 23.0 Å². The Morgan fingerprint density at radius 3 is 2.94 bits per heavy atom. The maximum absolute atomic E-state index is 12.8. The zero-order valence-corrected chi connectivity index (χ0v) is 19.2. The Labute approximate surface area is 196 Å². The molecule has 0 spiro atoms. The molecule has 0 radical (unpaired) electrons. The lowest BCUT2D eigenvalue weighted by molar-refractivity contribution is -0.150. The number of tetrazole rings is 1. The lowest BCUT2D eigenvalue weighted by Crippen LogP contribution is -2.70. The summed E-state index contributed by atoms with van der Waals surface area (Å²) in [7, 11) is 1.69. The molecule has 3 aliphatic rings. The highest BCUT2D eigenvalue weighted by atomic mass is 35.5. The van der Waals surface area contributed by atoms with Crippen molar-refractivity contribution >= 4 is 52.9 Å². The summed E-state index contributed by atoms with van der Waals surface area (Å²) in [6.45, 7) is 0. The molecule has 10 nitrogen and oxygen atoms in total. The van der Waals surface area contributed by atoms with Gasteiger partial charge in [0, 0.05) is 36.4 Å². The van der Waals surface area contributed by atoms with Crippen LogP contribution in [0.5, 0.6) is 0 Å². The number of allylic oxidation sites excluding steroid dienone is 5. The van der Waals surface area contributed by atoms with Crippen molar-refractivity contribution in [1.29, 1.82) is 0 Å². The summed E-state index contributed by atoms with van der Waals surface area (Å²) >= 11 is 8.55. The number of rotatable bonds is 7. The number of carboxylic acids is 1. The number of β-lactam (4-membered cyclic amide) rings is 1. The number of nitrogens with zero attached hydrogens (tertiary/aromatic N) is 5. The third-order valence-electron chi connectivity index (χ3n) is 5.23. The van der Waals surface area contributed by atoms with Crippen LogP contribution >= 0.6 is 35.1 Å². The number of carboxylic acid groups (broad SMARTS) is 1. The monoisotopic (exact) mass is 494 g/mol. The predicted octanol–water partition coefficient (Wildman–Crippen LogP) is 1.30. The number of aromatic nitrogens is 4. The highest BCUT2D eigenvalue weighted by molar-refractivity contribution is 8.01. The van der Waals surface area contributed by atoms with Gasteiger partial charge in [-0.25, -0.2) is 9.48 Å². The average molecular weight is 495 g/mol. The number of carbonyl (C=O) groups is 3. The van der Waals surface area contributed by atoms with Crippen molar-refractivity contribution in [2.24, 2.45) is 13.0 Å². The van der Waals surface area contributed by atoms with Gasteiger partial charge in [0.2, 0.25) is 11.1 Å². The first-order chi connectivity index (χ1) is 15.4. The van der Waals surface area contributed by atoms with Crippen LogP contribution in [0.25, 0.3) is 0 Å². The van der Waals surface area contributed by atoms with Crippen LogP contribution in [-0.4, -0.2) is 70.9 Å². The van der Waals surface area contributed by atoms with E-state index in [9.17, 15) is 19.5 Å². The molecule has 0 saturated carbocycles. The highest BCUT2D eigenvalue weighted by Gasteiger charge is 2.54. The number of amides is 2. The summed E-state index contributed by atoms with van der Waals surface area (Å²) in [5.74, 6) is -1.29. The molecule has 2 aliphatic heterocycles. The molecule has 1 saturated heterocycles. The van der Waals surface area contributed by atoms with E-state index >= 15 is 0 Å². The van der Waals surface area contributed by atoms with Crippen LogP contribution in [0.3, 0.4) is 0 Å². The number of hydrogen-bond acceptors (Lipinski definition) is 8. The van der Waals surface area contributed by atoms with Crippen LogP contribution in [0.15, 0.2) is 51.8 Å². The first kappa shape index (κ1) is 22.6. The molecule has 2 N–H and O–H groups in total. The number of fused-ring (bicyclic) bond motifs is 1. The number of thioether (sulfide) groups is 2. The standard InChI is InChI=1S/C19H19ClN6O4S2/c1-25-19(22-23-24-25)32-9-12-8-31-17-14(16(28)26(17)15(12)18(29)30)21-13(27)6-10-4-2-3-5-11(10)7-20/h2-5,7,10,14,17H,6,8-9H2,1H3,(H,21,27)(H,29,30)/t10?,14?,17-/m1/s1. The summed E-state index contributed by atoms with van der Waals surface area (Å²) in [6.07, 6.45) is 7.54. The number of halogens is 1. The summed E-state index contributed by atoms with van der Waals surface area (Å²) in [6, 6.07) is -0.759. The second kappa shape index (κ2) is 9.51. The zero-order chi connectivity index (χ0) is 22.8. The average Bonchev–Trinajstić information content (AvgIpc) is 3.20. The molecule has 32 heavy (non-hydrogen) atoms. The molecule has 3 heterocycles. The fraction of sp³-hybridized carbons (Fsp3) is 0.368. The van der Waals surface area contributed by atoms with Gasteiger partial charge in [0.05, 0.1) is 0 Å². The van der Waals surface area contributed by atoms with Crippen LogP contribution in [0.2, 0.25) is 0 Å². The van der Waals surface area contributed by atoms with E-state index in [1.807, 2.05) is 24.3 Å². The third kappa shape index (κ3) is 4.34. The Kier molecular flexibility index (Phi) is 6.72. The van der Waals surface area contributed by atoms with Crippen LogP contribution in [0, 0.1) is 5.92 Å². The second-order valence-corrected chi connectivity index (χ2v) is 9.52. The van der Waals surface area contributed by atoms with E-state index in [1.54, 1.807) is 7.05 Å². The summed E-state index contributed by atoms with van der Waals surface area (Å²) in [4.78, 5) is 38.6. The third-order valence-corrected chi connectivity index (χ3v) is 7.91. The van der Waals surface area contributed by atoms with Crippen molar-refractivity contribution in [3.05, 3.63) is 46.7 Å². The Morgan fingerprint density at radius 1 is 1.44 bits per heavy atom. The number of aliphatic carboxylic acids is 1. The van der Waals surface area contributed by atoms with E-state index in [2.05, 4.69) is 20.8 Å². The molecule has 4 rings (SSSR count). The van der Waals surface area contributed by atoms with E-state index in [4.69, 9.17) is 11.6 Å². The lowest BCUT2D eigenvalue weighted by Gasteiger charge is -2.49. The molecule has 2 amide bonds. The van der Waals surface area contributed by atoms with Gasteiger partial charge in [0.15, 0.2) is 0 Å². The van der Waals surface area contributed by atoms with E-state index in [-0.39, 0.29) is 23.9 Å². The fourth-order valence-corrected chi connectivity index (χ4v) is 6.19. The normalized spacial score (nSPS) is 25.7. The number of hydrogen-bond donors (Lipinski definition) is 2. The first-order valence-corrected chi connectivity index (χ1v) is 12.1. The molecule has 0 bridgehead atoms. The van der Waals surface area contributed by atoms with Crippen molar-refractivity contribution in [3.8, 4) is 0 Å². The van der Waals surface area contributed by atoms with Gasteiger partial charge in [-0.15, -0.1) is 16.9 Å². The minimum atomic E-state index is -1.17. The van der Waals surface area contributed by atoms with Crippen LogP contribution in [0.1, 0.15) is 6.42 Å². The summed E-state index contributed by atoms with van der Waals surface area (Å²) in [5.41, 5.74) is 2.83. The maximum Gasteiger partial charge on any atom is 0.352 e. The van der Waals surface area contributed by atoms with Crippen LogP contribution in [0.4, 0.5) is 0 Å².